The van der Waals surface area contributed by atoms with Crippen LogP contribution in [-0.2, 0) is 0 Å². The molecule has 2 aromatic heterocycles. The lowest BCUT2D eigenvalue weighted by atomic mass is 10.3. The van der Waals surface area contributed by atoms with E-state index in [2.05, 4.69) is 19.9 Å². The SMILES string of the molecule is N#Cc1nccnc1Sc1nc2ccc(N)cc2[nH]1. The van der Waals surface area contributed by atoms with Gasteiger partial charge in [0.05, 0.1) is 11.0 Å². The molecule has 0 aliphatic rings. The highest BCUT2D eigenvalue weighted by molar-refractivity contribution is 7.99. The molecule has 0 saturated heterocycles. The maximum atomic E-state index is 8.96. The van der Waals surface area contributed by atoms with Crippen LogP contribution >= 0.6 is 11.8 Å². The number of anilines is 1. The van der Waals surface area contributed by atoms with E-state index in [0.717, 1.165) is 11.0 Å². The van der Waals surface area contributed by atoms with Crippen LogP contribution in [-0.4, -0.2) is 19.9 Å². The summed E-state index contributed by atoms with van der Waals surface area (Å²) in [6.07, 6.45) is 3.03. The second kappa shape index (κ2) is 4.59. The van der Waals surface area contributed by atoms with Crippen LogP contribution in [0, 0.1) is 11.3 Å². The highest BCUT2D eigenvalue weighted by Gasteiger charge is 2.10. The van der Waals surface area contributed by atoms with Gasteiger partial charge < -0.3 is 10.7 Å². The third-order valence-electron chi connectivity index (χ3n) is 2.45. The minimum Gasteiger partial charge on any atom is -0.399 e. The fraction of sp³-hybridized carbons (Fsp3) is 0. The number of nitrogens with zero attached hydrogens (tertiary/aromatic N) is 4. The lowest BCUT2D eigenvalue weighted by Gasteiger charge is -1.97. The molecule has 0 saturated carbocycles. The van der Waals surface area contributed by atoms with Crippen LogP contribution in [0.15, 0.2) is 40.8 Å². The van der Waals surface area contributed by atoms with Crippen molar-refractivity contribution in [3.63, 3.8) is 0 Å². The number of nitriles is 1. The molecule has 0 spiro atoms. The number of benzene rings is 1. The summed E-state index contributed by atoms with van der Waals surface area (Å²) in [6.45, 7) is 0. The molecule has 3 aromatic rings. The molecule has 3 N–H and O–H groups in total. The Morgan fingerprint density at radius 3 is 2.95 bits per heavy atom. The lowest BCUT2D eigenvalue weighted by molar-refractivity contribution is 1.00. The van der Waals surface area contributed by atoms with Gasteiger partial charge in [-0.25, -0.2) is 15.0 Å². The number of imidazole rings is 1. The van der Waals surface area contributed by atoms with Gasteiger partial charge >= 0.3 is 0 Å². The van der Waals surface area contributed by atoms with Gasteiger partial charge in [0.15, 0.2) is 10.9 Å². The molecule has 0 fully saturated rings. The van der Waals surface area contributed by atoms with Gasteiger partial charge in [0, 0.05) is 18.1 Å². The first-order chi connectivity index (χ1) is 9.26. The van der Waals surface area contributed by atoms with Crippen LogP contribution in [0.3, 0.4) is 0 Å². The van der Waals surface area contributed by atoms with Crippen molar-refractivity contribution in [3.05, 3.63) is 36.3 Å². The topological polar surface area (TPSA) is 104 Å². The summed E-state index contributed by atoms with van der Waals surface area (Å²) in [5, 5.41) is 10.1. The van der Waals surface area contributed by atoms with E-state index in [9.17, 15) is 0 Å². The Kier molecular flexibility index (Phi) is 2.78. The van der Waals surface area contributed by atoms with Crippen molar-refractivity contribution >= 4 is 28.5 Å². The Morgan fingerprint density at radius 2 is 2.11 bits per heavy atom. The number of H-pyrrole nitrogens is 1. The van der Waals surface area contributed by atoms with Gasteiger partial charge in [-0.05, 0) is 30.0 Å². The molecule has 6 nitrogen and oxygen atoms in total. The molecule has 1 aromatic carbocycles. The van der Waals surface area contributed by atoms with Crippen LogP contribution in [0.2, 0.25) is 0 Å². The quantitative estimate of drug-likeness (QED) is 0.688. The van der Waals surface area contributed by atoms with Crippen molar-refractivity contribution < 1.29 is 0 Å². The molecule has 0 amide bonds. The van der Waals surface area contributed by atoms with Crippen LogP contribution in [0.4, 0.5) is 5.69 Å². The molecule has 3 rings (SSSR count). The number of nitrogen functional groups attached to an aromatic ring is 1. The first-order valence-corrected chi connectivity index (χ1v) is 6.22. The first kappa shape index (κ1) is 11.5. The second-order valence-corrected chi connectivity index (χ2v) is 4.72. The Bertz CT molecular complexity index is 788. The molecule has 0 aliphatic carbocycles. The van der Waals surface area contributed by atoms with Gasteiger partial charge in [0.2, 0.25) is 0 Å². The number of aromatic nitrogens is 4. The normalized spacial score (nSPS) is 10.5. The summed E-state index contributed by atoms with van der Waals surface area (Å²) < 4.78 is 0. The summed E-state index contributed by atoms with van der Waals surface area (Å²) in [6, 6.07) is 7.45. The van der Waals surface area contributed by atoms with Gasteiger partial charge in [0.25, 0.3) is 0 Å². The van der Waals surface area contributed by atoms with Crippen molar-refractivity contribution in [2.75, 3.05) is 5.73 Å². The average molecular weight is 268 g/mol. The molecule has 2 heterocycles. The molecule has 0 atom stereocenters. The van der Waals surface area contributed by atoms with Crippen LogP contribution < -0.4 is 5.73 Å². The number of hydrogen-bond donors (Lipinski definition) is 2. The Labute approximate surface area is 112 Å². The summed E-state index contributed by atoms with van der Waals surface area (Å²) in [5.74, 6) is 0. The van der Waals surface area contributed by atoms with Crippen LogP contribution in [0.25, 0.3) is 11.0 Å². The van der Waals surface area contributed by atoms with Crippen molar-refractivity contribution in [2.24, 2.45) is 0 Å². The second-order valence-electron chi connectivity index (χ2n) is 3.74. The molecular formula is C12H8N6S. The van der Waals surface area contributed by atoms with Gasteiger partial charge in [-0.15, -0.1) is 0 Å². The molecule has 7 heteroatoms. The molecule has 0 aliphatic heterocycles. The fourth-order valence-corrected chi connectivity index (χ4v) is 2.42. The van der Waals surface area contributed by atoms with Gasteiger partial charge in [-0.2, -0.15) is 5.26 Å². The molecule has 0 bridgehead atoms. The van der Waals surface area contributed by atoms with Gasteiger partial charge in [-0.1, -0.05) is 0 Å². The zero-order valence-corrected chi connectivity index (χ0v) is 10.5. The van der Waals surface area contributed by atoms with E-state index in [1.54, 1.807) is 12.3 Å². The van der Waals surface area contributed by atoms with E-state index >= 15 is 0 Å². The number of rotatable bonds is 2. The molecule has 0 radical (unpaired) electrons. The predicted octanol–water partition coefficient (Wildman–Crippen LogP) is 1.96. The standard InChI is InChI=1S/C12H8N6S/c13-6-10-11(16-4-3-15-10)19-12-17-8-2-1-7(14)5-9(8)18-12/h1-5H,14H2,(H,17,18). The number of nitrogens with one attached hydrogen (secondary N) is 1. The minimum atomic E-state index is 0.285. The average Bonchev–Trinajstić information content (AvgIpc) is 2.80. The van der Waals surface area contributed by atoms with Crippen molar-refractivity contribution in [2.45, 2.75) is 10.2 Å². The molecule has 0 unspecified atom stereocenters. The summed E-state index contributed by atoms with van der Waals surface area (Å²) >= 11 is 1.27. The summed E-state index contributed by atoms with van der Waals surface area (Å²) in [4.78, 5) is 15.6. The fourth-order valence-electron chi connectivity index (χ4n) is 1.62. The zero-order valence-electron chi connectivity index (χ0n) is 9.66. The minimum absolute atomic E-state index is 0.285. The highest BCUT2D eigenvalue weighted by atomic mass is 32.2. The highest BCUT2D eigenvalue weighted by Crippen LogP contribution is 2.27. The van der Waals surface area contributed by atoms with Gasteiger partial charge in [0.1, 0.15) is 11.1 Å². The molecule has 92 valence electrons. The Balaban J connectivity index is 1.99. The zero-order chi connectivity index (χ0) is 13.2. The first-order valence-electron chi connectivity index (χ1n) is 5.40. The summed E-state index contributed by atoms with van der Waals surface area (Å²) in [7, 11) is 0. The van der Waals surface area contributed by atoms with E-state index < -0.39 is 0 Å². The third kappa shape index (κ3) is 2.21. The van der Waals surface area contributed by atoms with Crippen molar-refractivity contribution in [1.29, 1.82) is 5.26 Å². The number of hydrogen-bond acceptors (Lipinski definition) is 6. The maximum Gasteiger partial charge on any atom is 0.173 e. The molecule has 19 heavy (non-hydrogen) atoms. The Morgan fingerprint density at radius 1 is 1.26 bits per heavy atom. The third-order valence-corrected chi connectivity index (χ3v) is 3.33. The van der Waals surface area contributed by atoms with E-state index in [0.29, 0.717) is 15.9 Å². The number of aromatic amines is 1. The van der Waals surface area contributed by atoms with Gasteiger partial charge in [-0.3, -0.25) is 0 Å². The van der Waals surface area contributed by atoms with Crippen LogP contribution in [0.5, 0.6) is 0 Å². The predicted molar refractivity (Wildman–Crippen MR) is 71.4 cm³/mol. The van der Waals surface area contributed by atoms with Crippen molar-refractivity contribution in [3.8, 4) is 6.07 Å². The Hall–Kier alpha value is -2.59. The smallest absolute Gasteiger partial charge is 0.173 e. The van der Waals surface area contributed by atoms with E-state index in [4.69, 9.17) is 11.0 Å². The number of fused-ring (bicyclic) bond motifs is 1. The van der Waals surface area contributed by atoms with E-state index in [1.165, 1.54) is 18.0 Å². The van der Waals surface area contributed by atoms with Crippen molar-refractivity contribution in [1.82, 2.24) is 19.9 Å². The largest absolute Gasteiger partial charge is 0.399 e. The lowest BCUT2D eigenvalue weighted by Crippen LogP contribution is -1.90. The van der Waals surface area contributed by atoms with E-state index in [1.807, 2.05) is 18.2 Å². The summed E-state index contributed by atoms with van der Waals surface area (Å²) in [5.41, 5.74) is 8.34. The number of nitrogens with two attached hydrogens (primary N) is 1. The maximum absolute atomic E-state index is 8.96. The van der Waals surface area contributed by atoms with E-state index in [-0.39, 0.29) is 5.69 Å². The molecular weight excluding hydrogens is 260 g/mol. The van der Waals surface area contributed by atoms with Crippen LogP contribution in [0.1, 0.15) is 5.69 Å². The monoisotopic (exact) mass is 268 g/mol.